The summed E-state index contributed by atoms with van der Waals surface area (Å²) in [5.41, 5.74) is 1.86. The smallest absolute Gasteiger partial charge is 0.0718 e. The van der Waals surface area contributed by atoms with Crippen LogP contribution in [0.3, 0.4) is 0 Å². The molecule has 0 amide bonds. The van der Waals surface area contributed by atoms with Gasteiger partial charge in [-0.3, -0.25) is 0 Å². The number of carbonyl (C=O) groups excluding carboxylic acids is 1. The van der Waals surface area contributed by atoms with E-state index < -0.39 is 5.97 Å². The summed E-state index contributed by atoms with van der Waals surface area (Å²) < 4.78 is 0. The summed E-state index contributed by atoms with van der Waals surface area (Å²) in [5.74, 6) is -1.11. The summed E-state index contributed by atoms with van der Waals surface area (Å²) in [6.07, 6.45) is 7.46. The number of unbranched alkanes of at least 4 members (excludes halogenated alkanes) is 3. The number of allylic oxidation sites excluding steroid dienone is 1. The van der Waals surface area contributed by atoms with Crippen LogP contribution in [0.4, 0.5) is 0 Å². The third-order valence-electron chi connectivity index (χ3n) is 4.01. The molecule has 1 atom stereocenters. The summed E-state index contributed by atoms with van der Waals surface area (Å²) in [5, 5.41) is 11.3. The van der Waals surface area contributed by atoms with Crippen molar-refractivity contribution in [1.29, 1.82) is 0 Å². The second-order valence-corrected chi connectivity index (χ2v) is 5.77. The fourth-order valence-corrected chi connectivity index (χ4v) is 2.57. The summed E-state index contributed by atoms with van der Waals surface area (Å²) >= 11 is 0. The molecule has 0 fully saturated rings. The minimum atomic E-state index is -1.11. The Bertz CT molecular complexity index is 476. The van der Waals surface area contributed by atoms with Crippen molar-refractivity contribution in [3.8, 4) is 0 Å². The summed E-state index contributed by atoms with van der Waals surface area (Å²) in [6.45, 7) is 10.1. The van der Waals surface area contributed by atoms with Gasteiger partial charge in [0.15, 0.2) is 0 Å². The van der Waals surface area contributed by atoms with E-state index in [0.29, 0.717) is 0 Å². The van der Waals surface area contributed by atoms with Crippen LogP contribution in [-0.4, -0.2) is 5.97 Å². The number of carboxylic acid groups (broad SMARTS) is 1. The Morgan fingerprint density at radius 3 is 2.60 bits per heavy atom. The molecule has 0 spiro atoms. The minimum Gasteiger partial charge on any atom is -0.545 e. The molecule has 0 radical (unpaired) electrons. The van der Waals surface area contributed by atoms with Crippen LogP contribution >= 0.6 is 0 Å². The van der Waals surface area contributed by atoms with Crippen molar-refractivity contribution in [2.75, 3.05) is 0 Å². The van der Waals surface area contributed by atoms with Crippen molar-refractivity contribution in [3.05, 3.63) is 47.5 Å². The normalized spacial score (nSPS) is 13.8. The van der Waals surface area contributed by atoms with Crippen LogP contribution in [0.5, 0.6) is 0 Å². The molecule has 20 heavy (non-hydrogen) atoms. The number of carboxylic acids is 1. The number of hydrogen-bond donors (Lipinski definition) is 0. The van der Waals surface area contributed by atoms with Gasteiger partial charge in [0.05, 0.1) is 5.97 Å². The van der Waals surface area contributed by atoms with Crippen molar-refractivity contribution < 1.29 is 9.90 Å². The molecule has 1 aromatic carbocycles. The number of aromatic carboxylic acids is 1. The SMILES string of the molecule is C=CC(C)(CCCCCC)c1cc(C)ccc1C(=O)[O-]. The molecule has 2 nitrogen and oxygen atoms in total. The van der Waals surface area contributed by atoms with Crippen LogP contribution in [0.25, 0.3) is 0 Å². The van der Waals surface area contributed by atoms with Crippen molar-refractivity contribution in [2.45, 2.75) is 58.3 Å². The lowest BCUT2D eigenvalue weighted by Gasteiger charge is -2.30. The molecular formula is C18H25O2-. The third-order valence-corrected chi connectivity index (χ3v) is 4.01. The fourth-order valence-electron chi connectivity index (χ4n) is 2.57. The Kier molecular flexibility index (Phi) is 6.00. The van der Waals surface area contributed by atoms with Gasteiger partial charge in [-0.25, -0.2) is 0 Å². The maximum Gasteiger partial charge on any atom is 0.0718 e. The van der Waals surface area contributed by atoms with Gasteiger partial charge in [0, 0.05) is 11.0 Å². The Morgan fingerprint density at radius 1 is 1.35 bits per heavy atom. The molecule has 0 bridgehead atoms. The predicted octanol–water partition coefficient (Wildman–Crippen LogP) is 3.77. The molecule has 0 saturated heterocycles. The Balaban J connectivity index is 3.06. The molecule has 0 saturated carbocycles. The highest BCUT2D eigenvalue weighted by Gasteiger charge is 2.25. The number of benzene rings is 1. The molecule has 1 unspecified atom stereocenters. The average Bonchev–Trinajstić information content (AvgIpc) is 2.43. The summed E-state index contributed by atoms with van der Waals surface area (Å²) in [7, 11) is 0. The molecule has 0 heterocycles. The number of aryl methyl sites for hydroxylation is 1. The van der Waals surface area contributed by atoms with E-state index in [0.717, 1.165) is 24.0 Å². The predicted molar refractivity (Wildman–Crippen MR) is 81.8 cm³/mol. The van der Waals surface area contributed by atoms with Crippen LogP contribution in [0, 0.1) is 6.92 Å². The standard InChI is InChI=1S/C18H26O2/c1-5-7-8-9-12-18(4,6-2)16-13-14(3)10-11-15(16)17(19)20/h6,10-11,13H,2,5,7-9,12H2,1,3-4H3,(H,19,20)/p-1. The zero-order valence-corrected chi connectivity index (χ0v) is 12.9. The molecule has 0 aliphatic carbocycles. The van der Waals surface area contributed by atoms with Crippen LogP contribution in [0.15, 0.2) is 30.9 Å². The summed E-state index contributed by atoms with van der Waals surface area (Å²) in [6, 6.07) is 5.41. The van der Waals surface area contributed by atoms with E-state index in [2.05, 4.69) is 20.4 Å². The number of hydrogen-bond acceptors (Lipinski definition) is 2. The van der Waals surface area contributed by atoms with Gasteiger partial charge in [-0.2, -0.15) is 0 Å². The molecule has 0 N–H and O–H groups in total. The van der Waals surface area contributed by atoms with Gasteiger partial charge >= 0.3 is 0 Å². The third kappa shape index (κ3) is 3.96. The fraction of sp³-hybridized carbons (Fsp3) is 0.500. The van der Waals surface area contributed by atoms with E-state index in [4.69, 9.17) is 0 Å². The Labute approximate surface area is 122 Å². The highest BCUT2D eigenvalue weighted by molar-refractivity contribution is 5.88. The molecule has 0 aromatic heterocycles. The van der Waals surface area contributed by atoms with Crippen molar-refractivity contribution >= 4 is 5.97 Å². The summed E-state index contributed by atoms with van der Waals surface area (Å²) in [4.78, 5) is 11.3. The second-order valence-electron chi connectivity index (χ2n) is 5.77. The van der Waals surface area contributed by atoms with E-state index in [9.17, 15) is 9.90 Å². The highest BCUT2D eigenvalue weighted by Crippen LogP contribution is 2.34. The van der Waals surface area contributed by atoms with Gasteiger partial charge in [0.1, 0.15) is 0 Å². The van der Waals surface area contributed by atoms with Gasteiger partial charge in [-0.15, -0.1) is 6.58 Å². The van der Waals surface area contributed by atoms with Crippen molar-refractivity contribution in [1.82, 2.24) is 0 Å². The second kappa shape index (κ2) is 7.28. The Morgan fingerprint density at radius 2 is 2.05 bits per heavy atom. The maximum atomic E-state index is 11.3. The zero-order valence-electron chi connectivity index (χ0n) is 12.9. The Hall–Kier alpha value is -1.57. The van der Waals surface area contributed by atoms with E-state index in [1.807, 2.05) is 25.1 Å². The quantitative estimate of drug-likeness (QED) is 0.534. The largest absolute Gasteiger partial charge is 0.545 e. The van der Waals surface area contributed by atoms with Crippen molar-refractivity contribution in [2.24, 2.45) is 0 Å². The lowest BCUT2D eigenvalue weighted by atomic mass is 9.75. The average molecular weight is 273 g/mol. The van der Waals surface area contributed by atoms with E-state index >= 15 is 0 Å². The molecule has 0 aliphatic rings. The molecule has 0 aliphatic heterocycles. The van der Waals surface area contributed by atoms with E-state index in [-0.39, 0.29) is 11.0 Å². The zero-order chi connectivity index (χ0) is 15.2. The first-order chi connectivity index (χ1) is 9.44. The maximum absolute atomic E-state index is 11.3. The molecule has 1 rings (SSSR count). The van der Waals surface area contributed by atoms with Crippen LogP contribution < -0.4 is 5.11 Å². The number of rotatable bonds is 8. The lowest BCUT2D eigenvalue weighted by molar-refractivity contribution is -0.255. The van der Waals surface area contributed by atoms with Gasteiger partial charge in [0.25, 0.3) is 0 Å². The van der Waals surface area contributed by atoms with Gasteiger partial charge in [-0.05, 0) is 18.9 Å². The van der Waals surface area contributed by atoms with Crippen LogP contribution in [-0.2, 0) is 5.41 Å². The van der Waals surface area contributed by atoms with Gasteiger partial charge < -0.3 is 9.90 Å². The number of carbonyl (C=O) groups is 1. The monoisotopic (exact) mass is 273 g/mol. The van der Waals surface area contributed by atoms with Gasteiger partial charge in [0.2, 0.25) is 0 Å². The first kappa shape index (κ1) is 16.5. The first-order valence-corrected chi connectivity index (χ1v) is 7.40. The topological polar surface area (TPSA) is 40.1 Å². The van der Waals surface area contributed by atoms with E-state index in [1.54, 1.807) is 6.07 Å². The lowest BCUT2D eigenvalue weighted by Crippen LogP contribution is -2.29. The van der Waals surface area contributed by atoms with Crippen LogP contribution in [0.1, 0.15) is 67.4 Å². The molecule has 1 aromatic rings. The van der Waals surface area contributed by atoms with Gasteiger partial charge in [-0.1, -0.05) is 69.4 Å². The molecular weight excluding hydrogens is 248 g/mol. The van der Waals surface area contributed by atoms with E-state index in [1.165, 1.54) is 19.3 Å². The first-order valence-electron chi connectivity index (χ1n) is 7.40. The van der Waals surface area contributed by atoms with Crippen molar-refractivity contribution in [3.63, 3.8) is 0 Å². The molecule has 110 valence electrons. The minimum absolute atomic E-state index is 0.286. The molecule has 2 heteroatoms. The van der Waals surface area contributed by atoms with Crippen LogP contribution in [0.2, 0.25) is 0 Å². The highest BCUT2D eigenvalue weighted by atomic mass is 16.4.